The van der Waals surface area contributed by atoms with Crippen LogP contribution in [0.1, 0.15) is 25.1 Å². The topological polar surface area (TPSA) is 61.0 Å². The zero-order valence-electron chi connectivity index (χ0n) is 16.7. The van der Waals surface area contributed by atoms with Gasteiger partial charge in [-0.3, -0.25) is 4.79 Å². The molecular formula is C24H24N4OS. The van der Waals surface area contributed by atoms with Crippen LogP contribution in [0.4, 0.5) is 11.4 Å². The molecule has 1 fully saturated rings. The Kier molecular flexibility index (Phi) is 5.24. The second kappa shape index (κ2) is 8.32. The van der Waals surface area contributed by atoms with Gasteiger partial charge in [-0.25, -0.2) is 4.98 Å². The maximum atomic E-state index is 12.6. The number of rotatable bonds is 5. The fourth-order valence-corrected chi connectivity index (χ4v) is 4.99. The fraction of sp³-hybridized carbons (Fsp3) is 0.250. The summed E-state index contributed by atoms with van der Waals surface area (Å²) in [6.07, 6.45) is 3.88. The van der Waals surface area contributed by atoms with E-state index in [0.717, 1.165) is 34.0 Å². The minimum Gasteiger partial charge on any atom is -0.378 e. The van der Waals surface area contributed by atoms with E-state index in [1.807, 2.05) is 24.3 Å². The molecule has 2 N–H and O–H groups in total. The number of thiophene rings is 1. The standard InChI is InChI=1S/C24H24N4OS/c29-23-20-15-21(17-7-3-1-4-8-17)30-24(20)27-22(26-23)16-25-18-9-11-19(12-10-18)28-13-5-2-6-14-28/h1,3-4,7-12,15,25H,2,5-6,13-14,16H2,(H,26,27,29). The van der Waals surface area contributed by atoms with E-state index in [0.29, 0.717) is 17.8 Å². The molecule has 0 atom stereocenters. The molecule has 5 nitrogen and oxygen atoms in total. The Labute approximate surface area is 179 Å². The van der Waals surface area contributed by atoms with Gasteiger partial charge in [-0.15, -0.1) is 11.3 Å². The molecule has 1 aliphatic rings. The van der Waals surface area contributed by atoms with Crippen molar-refractivity contribution in [3.63, 3.8) is 0 Å². The molecule has 1 saturated heterocycles. The predicted octanol–water partition coefficient (Wildman–Crippen LogP) is 5.25. The molecule has 4 aromatic rings. The lowest BCUT2D eigenvalue weighted by Gasteiger charge is -2.28. The number of H-pyrrole nitrogens is 1. The van der Waals surface area contributed by atoms with Gasteiger partial charge in [-0.2, -0.15) is 0 Å². The van der Waals surface area contributed by atoms with Crippen molar-refractivity contribution in [3.05, 3.63) is 76.8 Å². The SMILES string of the molecule is O=c1[nH]c(CNc2ccc(N3CCCCC3)cc2)nc2sc(-c3ccccc3)cc12. The summed E-state index contributed by atoms with van der Waals surface area (Å²) in [7, 11) is 0. The molecule has 6 heteroatoms. The van der Waals surface area contributed by atoms with Gasteiger partial charge in [0.25, 0.3) is 5.56 Å². The summed E-state index contributed by atoms with van der Waals surface area (Å²) in [6, 6.07) is 20.5. The molecule has 0 saturated carbocycles. The summed E-state index contributed by atoms with van der Waals surface area (Å²) in [5, 5.41) is 4.02. The Morgan fingerprint density at radius 3 is 2.53 bits per heavy atom. The summed E-state index contributed by atoms with van der Waals surface area (Å²) in [5.74, 6) is 0.647. The molecule has 1 aliphatic heterocycles. The van der Waals surface area contributed by atoms with E-state index in [9.17, 15) is 4.79 Å². The fourth-order valence-electron chi connectivity index (χ4n) is 3.93. The summed E-state index contributed by atoms with van der Waals surface area (Å²) < 4.78 is 0. The number of aromatic amines is 1. The Morgan fingerprint density at radius 2 is 1.77 bits per heavy atom. The largest absolute Gasteiger partial charge is 0.378 e. The second-order valence-electron chi connectivity index (χ2n) is 7.66. The molecule has 5 rings (SSSR count). The van der Waals surface area contributed by atoms with Crippen LogP contribution in [0.2, 0.25) is 0 Å². The normalized spacial score (nSPS) is 14.2. The summed E-state index contributed by atoms with van der Waals surface area (Å²) >= 11 is 1.55. The highest BCUT2D eigenvalue weighted by Gasteiger charge is 2.12. The summed E-state index contributed by atoms with van der Waals surface area (Å²) in [4.78, 5) is 24.4. The first-order valence-corrected chi connectivity index (χ1v) is 11.2. The van der Waals surface area contributed by atoms with Gasteiger partial charge in [-0.05, 0) is 55.2 Å². The van der Waals surface area contributed by atoms with Crippen molar-refractivity contribution in [1.82, 2.24) is 9.97 Å². The Bertz CT molecular complexity index is 1190. The molecule has 0 radical (unpaired) electrons. The van der Waals surface area contributed by atoms with Crippen LogP contribution in [-0.4, -0.2) is 23.1 Å². The van der Waals surface area contributed by atoms with Gasteiger partial charge in [0.1, 0.15) is 10.7 Å². The molecule has 0 aliphatic carbocycles. The van der Waals surface area contributed by atoms with E-state index in [1.165, 1.54) is 24.9 Å². The van der Waals surface area contributed by atoms with Crippen LogP contribution in [0.15, 0.2) is 65.5 Å². The van der Waals surface area contributed by atoms with Crippen molar-refractivity contribution in [1.29, 1.82) is 0 Å². The van der Waals surface area contributed by atoms with E-state index in [-0.39, 0.29) is 5.56 Å². The van der Waals surface area contributed by atoms with Gasteiger partial charge in [0, 0.05) is 29.3 Å². The first-order valence-electron chi connectivity index (χ1n) is 10.4. The maximum absolute atomic E-state index is 12.6. The van der Waals surface area contributed by atoms with Crippen LogP contribution in [0.3, 0.4) is 0 Å². The van der Waals surface area contributed by atoms with Crippen LogP contribution < -0.4 is 15.8 Å². The highest BCUT2D eigenvalue weighted by molar-refractivity contribution is 7.21. The number of hydrogen-bond donors (Lipinski definition) is 2. The van der Waals surface area contributed by atoms with Gasteiger partial charge in [0.05, 0.1) is 11.9 Å². The van der Waals surface area contributed by atoms with E-state index >= 15 is 0 Å². The minimum atomic E-state index is -0.0873. The van der Waals surface area contributed by atoms with Crippen molar-refractivity contribution in [2.75, 3.05) is 23.3 Å². The predicted molar refractivity (Wildman–Crippen MR) is 126 cm³/mol. The van der Waals surface area contributed by atoms with Crippen molar-refractivity contribution < 1.29 is 0 Å². The van der Waals surface area contributed by atoms with Gasteiger partial charge >= 0.3 is 0 Å². The lowest BCUT2D eigenvalue weighted by atomic mass is 10.1. The van der Waals surface area contributed by atoms with E-state index in [1.54, 1.807) is 11.3 Å². The number of aromatic nitrogens is 2. The van der Waals surface area contributed by atoms with Crippen molar-refractivity contribution in [2.24, 2.45) is 0 Å². The van der Waals surface area contributed by atoms with Crippen molar-refractivity contribution >= 4 is 32.9 Å². The minimum absolute atomic E-state index is 0.0873. The zero-order valence-corrected chi connectivity index (χ0v) is 17.5. The molecule has 2 aromatic heterocycles. The molecule has 30 heavy (non-hydrogen) atoms. The third-order valence-electron chi connectivity index (χ3n) is 5.56. The van der Waals surface area contributed by atoms with Crippen molar-refractivity contribution in [3.8, 4) is 10.4 Å². The smallest absolute Gasteiger partial charge is 0.259 e. The van der Waals surface area contributed by atoms with Gasteiger partial charge in [-0.1, -0.05) is 30.3 Å². The zero-order chi connectivity index (χ0) is 20.3. The lowest BCUT2D eigenvalue weighted by molar-refractivity contribution is 0.578. The maximum Gasteiger partial charge on any atom is 0.259 e. The number of piperidine rings is 1. The summed E-state index contributed by atoms with van der Waals surface area (Å²) in [5.41, 5.74) is 3.32. The molecule has 0 bridgehead atoms. The monoisotopic (exact) mass is 416 g/mol. The average Bonchev–Trinajstić information content (AvgIpc) is 3.24. The number of nitrogens with one attached hydrogen (secondary N) is 2. The number of benzene rings is 2. The van der Waals surface area contributed by atoms with Gasteiger partial charge < -0.3 is 15.2 Å². The lowest BCUT2D eigenvalue weighted by Crippen LogP contribution is -2.29. The van der Waals surface area contributed by atoms with E-state index in [4.69, 9.17) is 0 Å². The van der Waals surface area contributed by atoms with Crippen LogP contribution in [0.25, 0.3) is 20.7 Å². The second-order valence-corrected chi connectivity index (χ2v) is 8.69. The number of hydrogen-bond acceptors (Lipinski definition) is 5. The molecular weight excluding hydrogens is 392 g/mol. The summed E-state index contributed by atoms with van der Waals surface area (Å²) in [6.45, 7) is 2.76. The van der Waals surface area contributed by atoms with Crippen LogP contribution in [0.5, 0.6) is 0 Å². The van der Waals surface area contributed by atoms with Crippen LogP contribution >= 0.6 is 11.3 Å². The molecule has 0 unspecified atom stereocenters. The van der Waals surface area contributed by atoms with Gasteiger partial charge in [0.15, 0.2) is 0 Å². The molecule has 2 aromatic carbocycles. The number of fused-ring (bicyclic) bond motifs is 1. The molecule has 0 amide bonds. The molecule has 3 heterocycles. The number of anilines is 2. The number of nitrogens with zero attached hydrogens (tertiary/aromatic N) is 2. The van der Waals surface area contributed by atoms with E-state index in [2.05, 4.69) is 56.6 Å². The quantitative estimate of drug-likeness (QED) is 0.466. The first-order chi connectivity index (χ1) is 14.8. The van der Waals surface area contributed by atoms with Crippen LogP contribution in [0, 0.1) is 0 Å². The van der Waals surface area contributed by atoms with Crippen molar-refractivity contribution in [2.45, 2.75) is 25.8 Å². The molecule has 152 valence electrons. The molecule has 0 spiro atoms. The highest BCUT2D eigenvalue weighted by Crippen LogP contribution is 2.30. The van der Waals surface area contributed by atoms with Gasteiger partial charge in [0.2, 0.25) is 0 Å². The third kappa shape index (κ3) is 3.96. The van der Waals surface area contributed by atoms with Crippen LogP contribution in [-0.2, 0) is 6.54 Å². The van der Waals surface area contributed by atoms with E-state index < -0.39 is 0 Å². The highest BCUT2D eigenvalue weighted by atomic mass is 32.1. The Hall–Kier alpha value is -3.12. The first kappa shape index (κ1) is 18.9. The third-order valence-corrected chi connectivity index (χ3v) is 6.64. The Balaban J connectivity index is 1.31. The average molecular weight is 417 g/mol. The Morgan fingerprint density at radius 1 is 1.00 bits per heavy atom.